The Kier molecular flexibility index (Phi) is 12.6. The Labute approximate surface area is 235 Å². The van der Waals surface area contributed by atoms with Crippen molar-refractivity contribution in [3.63, 3.8) is 0 Å². The molecule has 4 heteroatoms. The summed E-state index contributed by atoms with van der Waals surface area (Å²) < 4.78 is 13.6. The number of hydrogen-bond acceptors (Lipinski definition) is 4. The molecule has 3 rings (SSSR count). The van der Waals surface area contributed by atoms with Crippen LogP contribution in [-0.4, -0.2) is 41.2 Å². The van der Waals surface area contributed by atoms with E-state index in [1.165, 1.54) is 69.8 Å². The van der Waals surface area contributed by atoms with Crippen molar-refractivity contribution in [2.75, 3.05) is 13.2 Å². The molecule has 1 aromatic carbocycles. The zero-order valence-electron chi connectivity index (χ0n) is 25.7. The van der Waals surface area contributed by atoms with Gasteiger partial charge in [0.05, 0.1) is 24.9 Å². The van der Waals surface area contributed by atoms with Gasteiger partial charge < -0.3 is 9.47 Å². The number of piperidine rings is 1. The summed E-state index contributed by atoms with van der Waals surface area (Å²) in [5.41, 5.74) is 1.02. The number of ether oxygens (including phenoxy) is 2. The first-order valence-corrected chi connectivity index (χ1v) is 16.1. The summed E-state index contributed by atoms with van der Waals surface area (Å²) >= 11 is 0. The van der Waals surface area contributed by atoms with Crippen LogP contribution in [0.1, 0.15) is 137 Å². The van der Waals surface area contributed by atoms with E-state index in [2.05, 4.69) is 76.9 Å². The number of hydroxylamine groups is 2. The fourth-order valence-corrected chi connectivity index (χ4v) is 6.85. The first-order valence-electron chi connectivity index (χ1n) is 16.1. The number of nitrogens with zero attached hydrogens (tertiary/aromatic N) is 1. The Morgan fingerprint density at radius 1 is 0.868 bits per heavy atom. The Morgan fingerprint density at radius 3 is 2.11 bits per heavy atom. The standard InChI is InChI=1S/C34H59NO3/c1-7-10-11-12-13-14-15-16-17-21-24-31-27-36-34(38-31)28-32(5,8-2)35(33(6,9-3)29(34)4)37-26-25-30-22-19-18-20-23-30/h18-20,22-23,29,31H,7-17,21,24-28H2,1-6H3. The van der Waals surface area contributed by atoms with Crippen molar-refractivity contribution in [2.24, 2.45) is 5.92 Å². The largest absolute Gasteiger partial charge is 0.347 e. The molecule has 2 aliphatic heterocycles. The fourth-order valence-electron chi connectivity index (χ4n) is 6.85. The summed E-state index contributed by atoms with van der Waals surface area (Å²) in [6.45, 7) is 15.3. The summed E-state index contributed by atoms with van der Waals surface area (Å²) in [5.74, 6) is -0.299. The molecule has 2 heterocycles. The van der Waals surface area contributed by atoms with Crippen molar-refractivity contribution in [3.8, 4) is 0 Å². The maximum atomic E-state index is 6.90. The lowest BCUT2D eigenvalue weighted by atomic mass is 9.67. The highest BCUT2D eigenvalue weighted by atomic mass is 16.8. The predicted molar refractivity (Wildman–Crippen MR) is 159 cm³/mol. The zero-order chi connectivity index (χ0) is 27.5. The van der Waals surface area contributed by atoms with Gasteiger partial charge in [0.25, 0.3) is 0 Å². The van der Waals surface area contributed by atoms with Crippen LogP contribution in [-0.2, 0) is 20.7 Å². The SMILES string of the molecule is CCCCCCCCCCCCC1COC2(CC(C)(CC)N(OCCc3ccccc3)C(C)(CC)C2C)O1. The quantitative estimate of drug-likeness (QED) is 0.188. The molecule has 0 N–H and O–H groups in total. The Bertz CT molecular complexity index is 787. The van der Waals surface area contributed by atoms with Crippen molar-refractivity contribution in [2.45, 2.75) is 161 Å². The molecule has 2 saturated heterocycles. The van der Waals surface area contributed by atoms with E-state index in [1.807, 2.05) is 0 Å². The maximum Gasteiger partial charge on any atom is 0.175 e. The van der Waals surface area contributed by atoms with Crippen LogP contribution in [0.3, 0.4) is 0 Å². The smallest absolute Gasteiger partial charge is 0.175 e. The summed E-state index contributed by atoms with van der Waals surface area (Å²) in [6.07, 6.45) is 18.8. The van der Waals surface area contributed by atoms with E-state index in [1.54, 1.807) is 0 Å². The molecular formula is C34H59NO3. The first kappa shape index (κ1) is 31.6. The Morgan fingerprint density at radius 2 is 1.50 bits per heavy atom. The Balaban J connectivity index is 1.51. The van der Waals surface area contributed by atoms with E-state index >= 15 is 0 Å². The van der Waals surface area contributed by atoms with E-state index < -0.39 is 5.79 Å². The van der Waals surface area contributed by atoms with Crippen LogP contribution >= 0.6 is 0 Å². The molecule has 1 aromatic rings. The number of benzene rings is 1. The molecule has 0 radical (unpaired) electrons. The molecule has 0 aromatic heterocycles. The lowest BCUT2D eigenvalue weighted by Crippen LogP contribution is -2.71. The van der Waals surface area contributed by atoms with Crippen molar-refractivity contribution in [1.82, 2.24) is 5.06 Å². The van der Waals surface area contributed by atoms with Crippen molar-refractivity contribution in [3.05, 3.63) is 35.9 Å². The molecule has 0 bridgehead atoms. The van der Waals surface area contributed by atoms with Crippen molar-refractivity contribution >= 4 is 0 Å². The van der Waals surface area contributed by atoms with E-state index in [4.69, 9.17) is 14.3 Å². The number of hydrogen-bond donors (Lipinski definition) is 0. The minimum atomic E-state index is -0.516. The van der Waals surface area contributed by atoms with Crippen LogP contribution in [0.25, 0.3) is 0 Å². The third-order valence-corrected chi connectivity index (χ3v) is 9.86. The van der Waals surface area contributed by atoms with E-state index in [0.717, 1.165) is 38.7 Å². The molecular weight excluding hydrogens is 470 g/mol. The van der Waals surface area contributed by atoms with Gasteiger partial charge in [-0.3, -0.25) is 4.84 Å². The van der Waals surface area contributed by atoms with Crippen LogP contribution in [0, 0.1) is 5.92 Å². The van der Waals surface area contributed by atoms with Gasteiger partial charge in [0, 0.05) is 17.9 Å². The van der Waals surface area contributed by atoms with Gasteiger partial charge in [-0.1, -0.05) is 122 Å². The molecule has 5 atom stereocenters. The first-order chi connectivity index (χ1) is 18.3. The molecule has 0 aliphatic carbocycles. The molecule has 1 spiro atoms. The van der Waals surface area contributed by atoms with Crippen LogP contribution in [0.4, 0.5) is 0 Å². The average Bonchev–Trinajstić information content (AvgIpc) is 3.34. The molecule has 5 unspecified atom stereocenters. The van der Waals surface area contributed by atoms with Gasteiger partial charge in [0.2, 0.25) is 0 Å². The van der Waals surface area contributed by atoms with Gasteiger partial charge >= 0.3 is 0 Å². The maximum absolute atomic E-state index is 6.90. The molecule has 4 nitrogen and oxygen atoms in total. The van der Waals surface area contributed by atoms with Crippen LogP contribution in [0.5, 0.6) is 0 Å². The summed E-state index contributed by atoms with van der Waals surface area (Å²) in [7, 11) is 0. The highest BCUT2D eigenvalue weighted by Crippen LogP contribution is 2.54. The van der Waals surface area contributed by atoms with E-state index in [0.29, 0.717) is 6.61 Å². The van der Waals surface area contributed by atoms with Crippen LogP contribution in [0.15, 0.2) is 30.3 Å². The lowest BCUT2D eigenvalue weighted by Gasteiger charge is -2.61. The summed E-state index contributed by atoms with van der Waals surface area (Å²) in [4.78, 5) is 6.66. The van der Waals surface area contributed by atoms with Crippen LogP contribution < -0.4 is 0 Å². The summed E-state index contributed by atoms with van der Waals surface area (Å²) in [6, 6.07) is 10.7. The second-order valence-corrected chi connectivity index (χ2v) is 12.7. The predicted octanol–water partition coefficient (Wildman–Crippen LogP) is 9.26. The zero-order valence-corrected chi connectivity index (χ0v) is 25.7. The van der Waals surface area contributed by atoms with Gasteiger partial charge in [-0.15, -0.1) is 0 Å². The second kappa shape index (κ2) is 15.2. The molecule has 218 valence electrons. The normalized spacial score (nSPS) is 31.8. The monoisotopic (exact) mass is 529 g/mol. The highest BCUT2D eigenvalue weighted by molar-refractivity contribution is 5.15. The fraction of sp³-hybridized carbons (Fsp3) is 0.824. The minimum absolute atomic E-state index is 0.139. The van der Waals surface area contributed by atoms with Gasteiger partial charge in [0.1, 0.15) is 0 Å². The lowest BCUT2D eigenvalue weighted by molar-refractivity contribution is -0.368. The molecule has 2 aliphatic rings. The minimum Gasteiger partial charge on any atom is -0.347 e. The van der Waals surface area contributed by atoms with E-state index in [9.17, 15) is 0 Å². The molecule has 38 heavy (non-hydrogen) atoms. The van der Waals surface area contributed by atoms with Crippen molar-refractivity contribution in [1.29, 1.82) is 0 Å². The Hall–Kier alpha value is -0.940. The van der Waals surface area contributed by atoms with Gasteiger partial charge in [-0.25, -0.2) is 0 Å². The van der Waals surface area contributed by atoms with Gasteiger partial charge in [0.15, 0.2) is 5.79 Å². The third kappa shape index (κ3) is 7.83. The molecule has 0 saturated carbocycles. The van der Waals surface area contributed by atoms with E-state index in [-0.39, 0.29) is 23.1 Å². The molecule has 2 fully saturated rings. The average molecular weight is 530 g/mol. The number of rotatable bonds is 17. The molecule has 0 amide bonds. The summed E-state index contributed by atoms with van der Waals surface area (Å²) in [5, 5.41) is 2.35. The topological polar surface area (TPSA) is 30.9 Å². The third-order valence-electron chi connectivity index (χ3n) is 9.86. The second-order valence-electron chi connectivity index (χ2n) is 12.7. The van der Waals surface area contributed by atoms with Crippen molar-refractivity contribution < 1.29 is 14.3 Å². The van der Waals surface area contributed by atoms with Crippen LogP contribution in [0.2, 0.25) is 0 Å². The van der Waals surface area contributed by atoms with Gasteiger partial charge in [-0.2, -0.15) is 5.06 Å². The number of unbranched alkanes of at least 4 members (excludes halogenated alkanes) is 9. The van der Waals surface area contributed by atoms with Gasteiger partial charge in [-0.05, 0) is 45.1 Å². The highest BCUT2D eigenvalue weighted by Gasteiger charge is 2.63.